The summed E-state index contributed by atoms with van der Waals surface area (Å²) in [5.74, 6) is 0.471. The first kappa shape index (κ1) is 8.31. The zero-order valence-electron chi connectivity index (χ0n) is 6.07. The van der Waals surface area contributed by atoms with Crippen molar-refractivity contribution < 1.29 is 14.2 Å². The lowest BCUT2D eigenvalue weighted by Crippen LogP contribution is -2.00. The molecule has 1 atom stereocenters. The van der Waals surface area contributed by atoms with Gasteiger partial charge in [-0.3, -0.25) is 4.57 Å². The molecule has 0 saturated carbocycles. The second-order valence-corrected chi connectivity index (χ2v) is 3.15. The van der Waals surface area contributed by atoms with Gasteiger partial charge < -0.3 is 9.63 Å². The Morgan fingerprint density at radius 3 is 2.55 bits per heavy atom. The van der Waals surface area contributed by atoms with Crippen molar-refractivity contribution in [3.8, 4) is 5.75 Å². The predicted octanol–water partition coefficient (Wildman–Crippen LogP) is 0.787. The topological polar surface area (TPSA) is 46.5 Å². The number of para-hydroxylation sites is 1. The van der Waals surface area contributed by atoms with Crippen LogP contribution in [0.3, 0.4) is 0 Å². The highest BCUT2D eigenvalue weighted by Crippen LogP contribution is 2.20. The van der Waals surface area contributed by atoms with Crippen molar-refractivity contribution in [2.24, 2.45) is 0 Å². The van der Waals surface area contributed by atoms with Crippen molar-refractivity contribution in [1.82, 2.24) is 0 Å². The Hall–Kier alpha value is -0.790. The number of ether oxygens (including phenoxy) is 1. The minimum Gasteiger partial charge on any atom is -0.496 e. The van der Waals surface area contributed by atoms with Gasteiger partial charge in [-0.2, -0.15) is 0 Å². The summed E-state index contributed by atoms with van der Waals surface area (Å²) in [6.07, 6.45) is 0. The molecule has 0 amide bonds. The van der Waals surface area contributed by atoms with E-state index in [-0.39, 0.29) is 0 Å². The van der Waals surface area contributed by atoms with Gasteiger partial charge >= 0.3 is 0 Å². The van der Waals surface area contributed by atoms with Gasteiger partial charge in [-0.05, 0) is 12.1 Å². The molecule has 0 aromatic heterocycles. The van der Waals surface area contributed by atoms with Crippen LogP contribution in [0.15, 0.2) is 24.3 Å². The monoisotopic (exact) mass is 172 g/mol. The standard InChI is InChI=1S/C7H9O3P/c1-10-6-4-2-3-5-7(6)11(8)9/h2-5,11H,1H3,(H,8,9). The van der Waals surface area contributed by atoms with E-state index in [0.29, 0.717) is 11.1 Å². The van der Waals surface area contributed by atoms with Gasteiger partial charge in [0.1, 0.15) is 5.75 Å². The third-order valence-electron chi connectivity index (χ3n) is 1.34. The quantitative estimate of drug-likeness (QED) is 0.671. The van der Waals surface area contributed by atoms with Crippen LogP contribution in [0, 0.1) is 0 Å². The number of hydrogen-bond donors (Lipinski definition) is 1. The molecule has 0 bridgehead atoms. The van der Waals surface area contributed by atoms with Gasteiger partial charge in [0.25, 0.3) is 0 Å². The van der Waals surface area contributed by atoms with E-state index in [1.165, 1.54) is 7.11 Å². The molecule has 11 heavy (non-hydrogen) atoms. The molecular formula is C7H9O3P. The van der Waals surface area contributed by atoms with Gasteiger partial charge in [-0.25, -0.2) is 0 Å². The molecule has 1 aromatic carbocycles. The molecule has 0 saturated heterocycles. The van der Waals surface area contributed by atoms with Crippen molar-refractivity contribution in [3.05, 3.63) is 24.3 Å². The summed E-state index contributed by atoms with van der Waals surface area (Å²) in [5.41, 5.74) is 0. The fraction of sp³-hybridized carbons (Fsp3) is 0.143. The second-order valence-electron chi connectivity index (χ2n) is 2.01. The van der Waals surface area contributed by atoms with Crippen LogP contribution >= 0.6 is 8.03 Å². The van der Waals surface area contributed by atoms with Crippen molar-refractivity contribution in [2.75, 3.05) is 7.11 Å². The van der Waals surface area contributed by atoms with Crippen molar-refractivity contribution in [3.63, 3.8) is 0 Å². The predicted molar refractivity (Wildman–Crippen MR) is 43.8 cm³/mol. The maximum atomic E-state index is 10.7. The zero-order chi connectivity index (χ0) is 8.27. The summed E-state index contributed by atoms with van der Waals surface area (Å²) in [6.45, 7) is 0. The second kappa shape index (κ2) is 3.56. The van der Waals surface area contributed by atoms with Gasteiger partial charge in [0.15, 0.2) is 0 Å². The highest BCUT2D eigenvalue weighted by molar-refractivity contribution is 7.47. The molecule has 1 unspecified atom stereocenters. The van der Waals surface area contributed by atoms with Crippen LogP contribution in [0.25, 0.3) is 0 Å². The maximum Gasteiger partial charge on any atom is 0.221 e. The van der Waals surface area contributed by atoms with Crippen LogP contribution in [0.4, 0.5) is 0 Å². The summed E-state index contributed by atoms with van der Waals surface area (Å²) in [4.78, 5) is 8.80. The third kappa shape index (κ3) is 1.82. The van der Waals surface area contributed by atoms with E-state index in [2.05, 4.69) is 0 Å². The molecule has 0 aliphatic heterocycles. The number of benzene rings is 1. The first-order valence-electron chi connectivity index (χ1n) is 3.12. The molecule has 60 valence electrons. The third-order valence-corrected chi connectivity index (χ3v) is 2.21. The summed E-state index contributed by atoms with van der Waals surface area (Å²) >= 11 is 0. The highest BCUT2D eigenvalue weighted by Gasteiger charge is 2.04. The van der Waals surface area contributed by atoms with E-state index in [4.69, 9.17) is 9.63 Å². The molecule has 0 radical (unpaired) electrons. The molecule has 0 spiro atoms. The van der Waals surface area contributed by atoms with Crippen LogP contribution in [0.5, 0.6) is 5.75 Å². The van der Waals surface area contributed by atoms with Crippen LogP contribution in [-0.2, 0) is 4.57 Å². The first-order chi connectivity index (χ1) is 5.25. The minimum atomic E-state index is -2.63. The van der Waals surface area contributed by atoms with Crippen LogP contribution in [-0.4, -0.2) is 12.0 Å². The van der Waals surface area contributed by atoms with Crippen molar-refractivity contribution in [2.45, 2.75) is 0 Å². The van der Waals surface area contributed by atoms with Gasteiger partial charge in [0, 0.05) is 0 Å². The Morgan fingerprint density at radius 2 is 2.09 bits per heavy atom. The molecule has 0 aliphatic rings. The average molecular weight is 172 g/mol. The number of methoxy groups -OCH3 is 1. The fourth-order valence-electron chi connectivity index (χ4n) is 0.821. The largest absolute Gasteiger partial charge is 0.496 e. The summed E-state index contributed by atoms with van der Waals surface area (Å²) in [7, 11) is -1.15. The molecule has 1 aromatic rings. The maximum absolute atomic E-state index is 10.7. The molecule has 1 N–H and O–H groups in total. The lowest BCUT2D eigenvalue weighted by molar-refractivity contribution is 0.416. The van der Waals surface area contributed by atoms with Gasteiger partial charge in [-0.15, -0.1) is 0 Å². The summed E-state index contributed by atoms with van der Waals surface area (Å²) in [6, 6.07) is 6.71. The first-order valence-corrected chi connectivity index (χ1v) is 4.47. The van der Waals surface area contributed by atoms with E-state index in [9.17, 15) is 4.57 Å². The molecule has 0 heterocycles. The van der Waals surface area contributed by atoms with Gasteiger partial charge in [0.2, 0.25) is 8.03 Å². The Bertz CT molecular complexity index is 272. The van der Waals surface area contributed by atoms with E-state index in [1.54, 1.807) is 24.3 Å². The van der Waals surface area contributed by atoms with E-state index >= 15 is 0 Å². The Morgan fingerprint density at radius 1 is 1.45 bits per heavy atom. The van der Waals surface area contributed by atoms with Crippen molar-refractivity contribution in [1.29, 1.82) is 0 Å². The smallest absolute Gasteiger partial charge is 0.221 e. The highest BCUT2D eigenvalue weighted by atomic mass is 31.1. The fourth-order valence-corrected chi connectivity index (χ4v) is 1.46. The SMILES string of the molecule is COc1ccccc1[PH](=O)O. The molecule has 0 fully saturated rings. The Kier molecular flexibility index (Phi) is 2.69. The number of hydrogen-bond acceptors (Lipinski definition) is 2. The minimum absolute atomic E-state index is 0.375. The van der Waals surface area contributed by atoms with E-state index < -0.39 is 8.03 Å². The Balaban J connectivity index is 3.12. The van der Waals surface area contributed by atoms with E-state index in [0.717, 1.165) is 0 Å². The lowest BCUT2D eigenvalue weighted by Gasteiger charge is -2.03. The molecule has 4 heteroatoms. The van der Waals surface area contributed by atoms with Gasteiger partial charge in [-0.1, -0.05) is 12.1 Å². The molecule has 0 aliphatic carbocycles. The normalized spacial score (nSPS) is 12.5. The average Bonchev–Trinajstić information content (AvgIpc) is 2.04. The summed E-state index contributed by atoms with van der Waals surface area (Å²) in [5, 5.41) is 0.375. The zero-order valence-corrected chi connectivity index (χ0v) is 7.07. The Labute approximate surface area is 65.5 Å². The van der Waals surface area contributed by atoms with Crippen LogP contribution < -0.4 is 10.0 Å². The lowest BCUT2D eigenvalue weighted by atomic mass is 10.3. The van der Waals surface area contributed by atoms with Crippen LogP contribution in [0.1, 0.15) is 0 Å². The van der Waals surface area contributed by atoms with Crippen molar-refractivity contribution >= 4 is 13.3 Å². The van der Waals surface area contributed by atoms with Crippen LogP contribution in [0.2, 0.25) is 0 Å². The van der Waals surface area contributed by atoms with E-state index in [1.807, 2.05) is 0 Å². The molecule has 3 nitrogen and oxygen atoms in total. The molecular weight excluding hydrogens is 163 g/mol. The summed E-state index contributed by atoms with van der Waals surface area (Å²) < 4.78 is 15.6. The molecule has 1 rings (SSSR count). The number of rotatable bonds is 2. The van der Waals surface area contributed by atoms with Gasteiger partial charge in [0.05, 0.1) is 12.4 Å².